The van der Waals surface area contributed by atoms with Gasteiger partial charge in [-0.1, -0.05) is 30.3 Å². The van der Waals surface area contributed by atoms with Crippen LogP contribution in [0.5, 0.6) is 0 Å². The van der Waals surface area contributed by atoms with E-state index in [-0.39, 0.29) is 12.4 Å². The first kappa shape index (κ1) is 23.7. The number of nitrogens with two attached hydrogens (primary N) is 1. The summed E-state index contributed by atoms with van der Waals surface area (Å²) >= 11 is 1.19. The fourth-order valence-electron chi connectivity index (χ4n) is 3.05. The van der Waals surface area contributed by atoms with Gasteiger partial charge in [-0.05, 0) is 24.6 Å². The molecule has 0 aliphatic heterocycles. The predicted octanol–water partition coefficient (Wildman–Crippen LogP) is 1.22. The number of Topliss-reactive ketones (excluding diaryl/α,β-unsaturated/α-hetero) is 1. The lowest BCUT2D eigenvalue weighted by atomic mass is 10.2. The number of rotatable bonds is 8. The van der Waals surface area contributed by atoms with Gasteiger partial charge in [0.25, 0.3) is 5.56 Å². The summed E-state index contributed by atoms with van der Waals surface area (Å²) in [6.07, 6.45) is 0. The van der Waals surface area contributed by atoms with Crippen LogP contribution in [0.1, 0.15) is 30.5 Å². The molecule has 3 aromatic rings. The molecule has 0 radical (unpaired) electrons. The summed E-state index contributed by atoms with van der Waals surface area (Å²) in [6, 6.07) is 12.0. The van der Waals surface area contributed by atoms with E-state index in [1.807, 2.05) is 6.92 Å². The van der Waals surface area contributed by atoms with E-state index in [0.717, 1.165) is 16.6 Å². The molecule has 0 amide bonds. The van der Waals surface area contributed by atoms with Crippen molar-refractivity contribution in [2.75, 3.05) is 19.5 Å². The number of hydrogen-bond donors (Lipinski definition) is 1. The van der Waals surface area contributed by atoms with Crippen LogP contribution in [0.2, 0.25) is 0 Å². The molecule has 11 heteroatoms. The number of nitrogens with zero attached hydrogens (tertiary/aromatic N) is 2. The number of aryl methyl sites for hydroxylation is 1. The summed E-state index contributed by atoms with van der Waals surface area (Å²) in [5.41, 5.74) is 4.23. The Kier molecular flexibility index (Phi) is 7.23. The molecule has 0 bridgehead atoms. The lowest BCUT2D eigenvalue weighted by Gasteiger charge is -2.16. The van der Waals surface area contributed by atoms with Crippen LogP contribution < -0.4 is 17.0 Å². The van der Waals surface area contributed by atoms with Crippen LogP contribution in [-0.4, -0.2) is 40.6 Å². The van der Waals surface area contributed by atoms with Crippen LogP contribution in [0, 0.1) is 6.92 Å². The second-order valence-corrected chi connectivity index (χ2v) is 8.28. The van der Waals surface area contributed by atoms with E-state index < -0.39 is 47.7 Å². The van der Waals surface area contributed by atoms with Gasteiger partial charge >= 0.3 is 17.6 Å². The highest BCUT2D eigenvalue weighted by atomic mass is 32.1. The molecule has 0 fully saturated rings. The lowest BCUT2D eigenvalue weighted by molar-refractivity contribution is -0.141. The summed E-state index contributed by atoms with van der Waals surface area (Å²) in [5, 5.41) is 0. The minimum atomic E-state index is -1.07. The first-order chi connectivity index (χ1) is 15.7. The monoisotopic (exact) mass is 471 g/mol. The standard InChI is InChI=1S/C22H21N3O7S/c1-13-8-9-16(33-13)21(29)32-12-15(26)18-19(23)24(10-14-6-4-3-5-7-14)22(30)25(20(18)28)11-17(27)31-2/h3-9H,10-12,23H2,1-2H3. The van der Waals surface area contributed by atoms with Gasteiger partial charge < -0.3 is 15.2 Å². The average Bonchev–Trinajstić information content (AvgIpc) is 3.25. The number of aromatic nitrogens is 2. The highest BCUT2D eigenvalue weighted by Gasteiger charge is 2.25. The van der Waals surface area contributed by atoms with Crippen molar-refractivity contribution in [3.63, 3.8) is 0 Å². The molecular formula is C22H21N3O7S. The molecule has 33 heavy (non-hydrogen) atoms. The van der Waals surface area contributed by atoms with E-state index in [1.54, 1.807) is 42.5 Å². The normalized spacial score (nSPS) is 10.6. The molecule has 0 atom stereocenters. The van der Waals surface area contributed by atoms with Gasteiger partial charge in [0, 0.05) is 4.88 Å². The van der Waals surface area contributed by atoms with Crippen LogP contribution in [0.3, 0.4) is 0 Å². The van der Waals surface area contributed by atoms with Crippen molar-refractivity contribution >= 4 is 34.9 Å². The third kappa shape index (κ3) is 5.26. The first-order valence-electron chi connectivity index (χ1n) is 9.73. The number of anilines is 1. The van der Waals surface area contributed by atoms with Crippen molar-refractivity contribution in [1.29, 1.82) is 0 Å². The van der Waals surface area contributed by atoms with Crippen LogP contribution in [0.4, 0.5) is 5.82 Å². The molecule has 2 N–H and O–H groups in total. The number of carbonyl (C=O) groups excluding carboxylic acids is 3. The van der Waals surface area contributed by atoms with Crippen molar-refractivity contribution in [2.24, 2.45) is 0 Å². The van der Waals surface area contributed by atoms with E-state index in [1.165, 1.54) is 11.3 Å². The summed E-state index contributed by atoms with van der Waals surface area (Å²) in [6.45, 7) is 0.281. The predicted molar refractivity (Wildman–Crippen MR) is 121 cm³/mol. The fraction of sp³-hybridized carbons (Fsp3) is 0.227. The molecule has 2 heterocycles. The second kappa shape index (κ2) is 10.1. The Bertz CT molecular complexity index is 1320. The topological polar surface area (TPSA) is 140 Å². The number of esters is 2. The highest BCUT2D eigenvalue weighted by molar-refractivity contribution is 7.13. The van der Waals surface area contributed by atoms with Crippen LogP contribution in [-0.2, 0) is 27.4 Å². The first-order valence-corrected chi connectivity index (χ1v) is 10.5. The molecule has 0 aliphatic rings. The zero-order valence-electron chi connectivity index (χ0n) is 17.9. The Labute approximate surface area is 191 Å². The number of carbonyl (C=O) groups is 3. The number of benzene rings is 1. The number of thiophene rings is 1. The molecule has 10 nitrogen and oxygen atoms in total. The zero-order valence-corrected chi connectivity index (χ0v) is 18.7. The average molecular weight is 471 g/mol. The van der Waals surface area contributed by atoms with Gasteiger partial charge in [-0.3, -0.25) is 19.0 Å². The molecule has 2 aromatic heterocycles. The van der Waals surface area contributed by atoms with Gasteiger partial charge in [-0.25, -0.2) is 14.2 Å². The summed E-state index contributed by atoms with van der Waals surface area (Å²) in [4.78, 5) is 63.9. The van der Waals surface area contributed by atoms with E-state index in [4.69, 9.17) is 10.5 Å². The minimum Gasteiger partial charge on any atom is -0.468 e. The SMILES string of the molecule is COC(=O)Cn1c(=O)c(C(=O)COC(=O)c2ccc(C)s2)c(N)n(Cc2ccccc2)c1=O. The maximum absolute atomic E-state index is 12.9. The largest absolute Gasteiger partial charge is 0.468 e. The van der Waals surface area contributed by atoms with E-state index in [9.17, 15) is 24.0 Å². The van der Waals surface area contributed by atoms with E-state index in [2.05, 4.69) is 4.74 Å². The highest BCUT2D eigenvalue weighted by Crippen LogP contribution is 2.16. The van der Waals surface area contributed by atoms with E-state index in [0.29, 0.717) is 15.0 Å². The van der Waals surface area contributed by atoms with Gasteiger partial charge in [0.1, 0.15) is 22.8 Å². The van der Waals surface area contributed by atoms with Crippen molar-refractivity contribution < 1.29 is 23.9 Å². The molecule has 3 rings (SSSR count). The van der Waals surface area contributed by atoms with Crippen molar-refractivity contribution in [3.8, 4) is 0 Å². The molecule has 0 spiro atoms. The van der Waals surface area contributed by atoms with Gasteiger partial charge in [-0.2, -0.15) is 0 Å². The quantitative estimate of drug-likeness (QED) is 0.382. The van der Waals surface area contributed by atoms with Crippen LogP contribution >= 0.6 is 11.3 Å². The number of methoxy groups -OCH3 is 1. The number of hydrogen-bond acceptors (Lipinski definition) is 9. The molecule has 172 valence electrons. The molecular weight excluding hydrogens is 450 g/mol. The van der Waals surface area contributed by atoms with Crippen molar-refractivity contribution in [1.82, 2.24) is 9.13 Å². The molecule has 0 saturated heterocycles. The van der Waals surface area contributed by atoms with Crippen LogP contribution in [0.25, 0.3) is 0 Å². The second-order valence-electron chi connectivity index (χ2n) is 6.99. The Morgan fingerprint density at radius 3 is 2.33 bits per heavy atom. The van der Waals surface area contributed by atoms with Crippen molar-refractivity contribution in [3.05, 3.63) is 84.2 Å². The molecule has 0 aliphatic carbocycles. The van der Waals surface area contributed by atoms with Gasteiger partial charge in [0.2, 0.25) is 5.78 Å². The van der Waals surface area contributed by atoms with E-state index >= 15 is 0 Å². The Morgan fingerprint density at radius 1 is 1.03 bits per heavy atom. The molecule has 0 unspecified atom stereocenters. The Balaban J connectivity index is 2.00. The third-order valence-electron chi connectivity index (χ3n) is 4.72. The summed E-state index contributed by atoms with van der Waals surface area (Å²) in [7, 11) is 1.10. The number of ether oxygens (including phenoxy) is 2. The fourth-order valence-corrected chi connectivity index (χ4v) is 3.81. The number of nitrogen functional groups attached to an aromatic ring is 1. The van der Waals surface area contributed by atoms with Crippen molar-refractivity contribution in [2.45, 2.75) is 20.0 Å². The minimum absolute atomic E-state index is 0.0541. The Hall–Kier alpha value is -3.99. The van der Waals surface area contributed by atoms with Gasteiger partial charge in [-0.15, -0.1) is 11.3 Å². The van der Waals surface area contributed by atoms with Crippen LogP contribution in [0.15, 0.2) is 52.1 Å². The molecule has 1 aromatic carbocycles. The lowest BCUT2D eigenvalue weighted by Crippen LogP contribution is -2.46. The third-order valence-corrected chi connectivity index (χ3v) is 5.70. The van der Waals surface area contributed by atoms with Gasteiger partial charge in [0.15, 0.2) is 6.61 Å². The zero-order chi connectivity index (χ0) is 24.1. The maximum atomic E-state index is 12.9. The maximum Gasteiger partial charge on any atom is 0.348 e. The Morgan fingerprint density at radius 2 is 1.73 bits per heavy atom. The number of ketones is 1. The summed E-state index contributed by atoms with van der Waals surface area (Å²) in [5.74, 6) is -2.88. The van der Waals surface area contributed by atoms with Gasteiger partial charge in [0.05, 0.1) is 13.7 Å². The summed E-state index contributed by atoms with van der Waals surface area (Å²) < 4.78 is 11.2. The smallest absolute Gasteiger partial charge is 0.348 e. The molecule has 0 saturated carbocycles.